The van der Waals surface area contributed by atoms with Crippen molar-refractivity contribution in [2.75, 3.05) is 0 Å². The smallest absolute Gasteiger partial charge is 0.416 e. The van der Waals surface area contributed by atoms with Gasteiger partial charge >= 0.3 is 17.8 Å². The second-order valence-corrected chi connectivity index (χ2v) is 6.25. The second kappa shape index (κ2) is 7.83. The molecule has 3 aromatic rings. The SMILES string of the molecule is C/C(=C\C(=O)OCc1cc(=O)oc2cc(O)ccc12)c1ccccc1C(F)(F)F. The molecule has 0 bridgehead atoms. The molecule has 0 radical (unpaired) electrons. The van der Waals surface area contributed by atoms with E-state index < -0.39 is 23.3 Å². The number of hydrogen-bond donors (Lipinski definition) is 1. The Bertz CT molecular complexity index is 1160. The van der Waals surface area contributed by atoms with Gasteiger partial charge in [0, 0.05) is 29.2 Å². The van der Waals surface area contributed by atoms with E-state index in [2.05, 4.69) is 0 Å². The molecule has 8 heteroatoms. The number of rotatable bonds is 4. The second-order valence-electron chi connectivity index (χ2n) is 6.25. The summed E-state index contributed by atoms with van der Waals surface area (Å²) in [5.41, 5.74) is -1.13. The average Bonchev–Trinajstić information content (AvgIpc) is 2.65. The molecule has 29 heavy (non-hydrogen) atoms. The Balaban J connectivity index is 1.82. The van der Waals surface area contributed by atoms with E-state index in [1.807, 2.05) is 0 Å². The van der Waals surface area contributed by atoms with Gasteiger partial charge < -0.3 is 14.3 Å². The van der Waals surface area contributed by atoms with Crippen LogP contribution >= 0.6 is 0 Å². The van der Waals surface area contributed by atoms with Crippen LogP contribution in [0.3, 0.4) is 0 Å². The van der Waals surface area contributed by atoms with Crippen LogP contribution in [0.5, 0.6) is 5.75 Å². The van der Waals surface area contributed by atoms with Crippen LogP contribution in [0.1, 0.15) is 23.6 Å². The molecule has 1 aromatic heterocycles. The highest BCUT2D eigenvalue weighted by molar-refractivity contribution is 5.91. The molecule has 0 fully saturated rings. The van der Waals surface area contributed by atoms with Gasteiger partial charge in [0.1, 0.15) is 17.9 Å². The Morgan fingerprint density at radius 1 is 1.17 bits per heavy atom. The Morgan fingerprint density at radius 2 is 1.90 bits per heavy atom. The topological polar surface area (TPSA) is 76.7 Å². The van der Waals surface area contributed by atoms with Gasteiger partial charge in [0.05, 0.1) is 5.56 Å². The number of phenols is 1. The van der Waals surface area contributed by atoms with E-state index in [1.54, 1.807) is 0 Å². The van der Waals surface area contributed by atoms with Gasteiger partial charge in [-0.2, -0.15) is 13.2 Å². The summed E-state index contributed by atoms with van der Waals surface area (Å²) in [6.07, 6.45) is -3.60. The fourth-order valence-corrected chi connectivity index (χ4v) is 2.86. The minimum absolute atomic E-state index is 0.0882. The summed E-state index contributed by atoms with van der Waals surface area (Å²) < 4.78 is 49.5. The lowest BCUT2D eigenvalue weighted by atomic mass is 10.0. The van der Waals surface area contributed by atoms with E-state index in [-0.39, 0.29) is 29.1 Å². The van der Waals surface area contributed by atoms with Crippen LogP contribution in [0.15, 0.2) is 63.8 Å². The van der Waals surface area contributed by atoms with Crippen molar-refractivity contribution in [3.63, 3.8) is 0 Å². The molecule has 0 aliphatic carbocycles. The third-order valence-electron chi connectivity index (χ3n) is 4.18. The molecule has 0 saturated heterocycles. The third kappa shape index (κ3) is 4.66. The van der Waals surface area contributed by atoms with E-state index in [1.165, 1.54) is 43.3 Å². The molecule has 0 unspecified atom stereocenters. The molecule has 5 nitrogen and oxygen atoms in total. The van der Waals surface area contributed by atoms with Crippen molar-refractivity contribution in [2.45, 2.75) is 19.7 Å². The van der Waals surface area contributed by atoms with E-state index in [0.717, 1.165) is 18.2 Å². The summed E-state index contributed by atoms with van der Waals surface area (Å²) in [6, 6.07) is 10.2. The summed E-state index contributed by atoms with van der Waals surface area (Å²) >= 11 is 0. The van der Waals surface area contributed by atoms with Gasteiger partial charge in [0.25, 0.3) is 0 Å². The molecule has 0 aliphatic heterocycles. The predicted octanol–water partition coefficient (Wildman–Crippen LogP) is 4.66. The van der Waals surface area contributed by atoms with Crippen molar-refractivity contribution >= 4 is 22.5 Å². The largest absolute Gasteiger partial charge is 0.508 e. The van der Waals surface area contributed by atoms with Gasteiger partial charge in [0.2, 0.25) is 0 Å². The molecule has 150 valence electrons. The Labute approximate surface area is 162 Å². The number of ether oxygens (including phenoxy) is 1. The van der Waals surface area contributed by atoms with Crippen molar-refractivity contribution in [3.05, 3.63) is 81.7 Å². The molecule has 0 atom stereocenters. The highest BCUT2D eigenvalue weighted by Crippen LogP contribution is 2.34. The zero-order chi connectivity index (χ0) is 21.2. The molecule has 0 spiro atoms. The first-order chi connectivity index (χ1) is 13.6. The number of hydrogen-bond acceptors (Lipinski definition) is 5. The molecular weight excluding hydrogens is 389 g/mol. The van der Waals surface area contributed by atoms with Crippen LogP contribution in [0.4, 0.5) is 13.2 Å². The van der Waals surface area contributed by atoms with Crippen molar-refractivity contribution in [1.29, 1.82) is 0 Å². The van der Waals surface area contributed by atoms with Crippen LogP contribution in [0.25, 0.3) is 16.5 Å². The van der Waals surface area contributed by atoms with Gasteiger partial charge in [-0.3, -0.25) is 0 Å². The first kappa shape index (κ1) is 20.2. The van der Waals surface area contributed by atoms with Crippen LogP contribution < -0.4 is 5.63 Å². The molecule has 1 N–H and O–H groups in total. The molecule has 3 rings (SSSR count). The van der Waals surface area contributed by atoms with E-state index >= 15 is 0 Å². The zero-order valence-corrected chi connectivity index (χ0v) is 15.1. The molecule has 1 heterocycles. The van der Waals surface area contributed by atoms with Gasteiger partial charge in [-0.1, -0.05) is 18.2 Å². The number of benzene rings is 2. The van der Waals surface area contributed by atoms with E-state index in [4.69, 9.17) is 9.15 Å². The summed E-state index contributed by atoms with van der Waals surface area (Å²) in [4.78, 5) is 23.8. The first-order valence-electron chi connectivity index (χ1n) is 8.42. The summed E-state index contributed by atoms with van der Waals surface area (Å²) in [5, 5.41) is 9.94. The number of fused-ring (bicyclic) bond motifs is 1. The quantitative estimate of drug-likeness (QED) is 0.389. The maximum atomic E-state index is 13.1. The highest BCUT2D eigenvalue weighted by Gasteiger charge is 2.33. The maximum Gasteiger partial charge on any atom is 0.416 e. The number of halogens is 3. The van der Waals surface area contributed by atoms with Crippen molar-refractivity contribution in [2.24, 2.45) is 0 Å². The van der Waals surface area contributed by atoms with Crippen LogP contribution in [-0.2, 0) is 22.3 Å². The van der Waals surface area contributed by atoms with Crippen molar-refractivity contribution in [3.8, 4) is 5.75 Å². The lowest BCUT2D eigenvalue weighted by molar-refractivity contribution is -0.139. The molecule has 0 amide bonds. The van der Waals surface area contributed by atoms with Gasteiger partial charge in [-0.25, -0.2) is 9.59 Å². The number of phenolic OH excluding ortho intramolecular Hbond substituents is 1. The molecular formula is C21H15F3O5. The Kier molecular flexibility index (Phi) is 5.45. The van der Waals surface area contributed by atoms with Gasteiger partial charge in [0.15, 0.2) is 0 Å². The lowest BCUT2D eigenvalue weighted by Crippen LogP contribution is -2.09. The zero-order valence-electron chi connectivity index (χ0n) is 15.1. The van der Waals surface area contributed by atoms with Crippen LogP contribution in [0, 0.1) is 0 Å². The molecule has 0 aliphatic rings. The number of carbonyl (C=O) groups is 1. The standard InChI is InChI=1S/C21H15F3O5/c1-12(15-4-2-3-5-17(15)21(22,23)24)8-19(26)28-11-13-9-20(27)29-18-10-14(25)6-7-16(13)18/h2-10,25H,11H2,1H3/b12-8+. The van der Waals surface area contributed by atoms with E-state index in [9.17, 15) is 27.9 Å². The summed E-state index contributed by atoms with van der Waals surface area (Å²) in [5.74, 6) is -0.962. The fourth-order valence-electron chi connectivity index (χ4n) is 2.86. The Hall–Kier alpha value is -3.55. The highest BCUT2D eigenvalue weighted by atomic mass is 19.4. The molecule has 2 aromatic carbocycles. The monoisotopic (exact) mass is 404 g/mol. The van der Waals surface area contributed by atoms with Gasteiger partial charge in [-0.05, 0) is 36.3 Å². The van der Waals surface area contributed by atoms with Crippen molar-refractivity contribution < 1.29 is 32.2 Å². The number of allylic oxidation sites excluding steroid dienone is 1. The number of aromatic hydroxyl groups is 1. The minimum Gasteiger partial charge on any atom is -0.508 e. The maximum absolute atomic E-state index is 13.1. The minimum atomic E-state index is -4.56. The Morgan fingerprint density at radius 3 is 2.62 bits per heavy atom. The lowest BCUT2D eigenvalue weighted by Gasteiger charge is -2.13. The average molecular weight is 404 g/mol. The number of alkyl halides is 3. The third-order valence-corrected chi connectivity index (χ3v) is 4.18. The fraction of sp³-hybridized carbons (Fsp3) is 0.143. The normalized spacial score (nSPS) is 12.2. The summed E-state index contributed by atoms with van der Waals surface area (Å²) in [6.45, 7) is 1.08. The van der Waals surface area contributed by atoms with Crippen molar-refractivity contribution in [1.82, 2.24) is 0 Å². The number of carbonyl (C=O) groups excluding carboxylic acids is 1. The van der Waals surface area contributed by atoms with Crippen LogP contribution in [0.2, 0.25) is 0 Å². The molecule has 0 saturated carbocycles. The van der Waals surface area contributed by atoms with Gasteiger partial charge in [-0.15, -0.1) is 0 Å². The number of esters is 1. The predicted molar refractivity (Wildman–Crippen MR) is 99.0 cm³/mol. The van der Waals surface area contributed by atoms with E-state index in [0.29, 0.717) is 10.9 Å². The first-order valence-corrected chi connectivity index (χ1v) is 8.42. The van der Waals surface area contributed by atoms with Crippen LogP contribution in [-0.4, -0.2) is 11.1 Å². The summed E-state index contributed by atoms with van der Waals surface area (Å²) in [7, 11) is 0.